The molecule has 0 bridgehead atoms. The van der Waals surface area contributed by atoms with E-state index in [1.165, 1.54) is 0 Å². The van der Waals surface area contributed by atoms with Crippen LogP contribution >= 0.6 is 39.1 Å². The largest absolute Gasteiger partial charge is 0.236 e. The number of hydrogen-bond acceptors (Lipinski definition) is 1. The number of pyridine rings is 1. The molecule has 4 heteroatoms. The van der Waals surface area contributed by atoms with Crippen LogP contribution in [0.15, 0.2) is 22.7 Å². The van der Waals surface area contributed by atoms with Crippen LogP contribution in [0.5, 0.6) is 0 Å². The van der Waals surface area contributed by atoms with E-state index in [1.54, 1.807) is 6.07 Å². The van der Waals surface area contributed by atoms with Crippen LogP contribution in [0.3, 0.4) is 0 Å². The van der Waals surface area contributed by atoms with E-state index >= 15 is 0 Å². The van der Waals surface area contributed by atoms with Gasteiger partial charge in [-0.2, -0.15) is 0 Å². The van der Waals surface area contributed by atoms with Crippen molar-refractivity contribution in [3.63, 3.8) is 0 Å². The number of aryl methyl sites for hydroxylation is 1. The Hall–Kier alpha value is -0.310. The molecule has 0 spiro atoms. The van der Waals surface area contributed by atoms with Gasteiger partial charge in [-0.15, -0.1) is 0 Å². The predicted molar refractivity (Wildman–Crippen MR) is 64.2 cm³/mol. The highest BCUT2D eigenvalue weighted by atomic mass is 79.9. The molecule has 72 valence electrons. The summed E-state index contributed by atoms with van der Waals surface area (Å²) in [5, 5.41) is 1.97. The van der Waals surface area contributed by atoms with Crippen molar-refractivity contribution in [1.29, 1.82) is 0 Å². The third-order valence-corrected chi connectivity index (χ3v) is 2.95. The molecule has 0 fully saturated rings. The fourth-order valence-electron chi connectivity index (χ4n) is 1.39. The second-order valence-electron chi connectivity index (χ2n) is 3.05. The van der Waals surface area contributed by atoms with E-state index in [0.29, 0.717) is 10.2 Å². The summed E-state index contributed by atoms with van der Waals surface area (Å²) >= 11 is 15.3. The minimum absolute atomic E-state index is 0.424. The number of halogens is 3. The highest BCUT2D eigenvalue weighted by Crippen LogP contribution is 2.29. The molecular formula is C10H6BrCl2N. The van der Waals surface area contributed by atoms with Crippen LogP contribution in [-0.4, -0.2) is 4.98 Å². The van der Waals surface area contributed by atoms with Crippen LogP contribution in [0.1, 0.15) is 5.56 Å². The van der Waals surface area contributed by atoms with Gasteiger partial charge in [0, 0.05) is 9.86 Å². The predicted octanol–water partition coefficient (Wildman–Crippen LogP) is 4.61. The van der Waals surface area contributed by atoms with E-state index in [4.69, 9.17) is 23.2 Å². The first-order valence-corrected chi connectivity index (χ1v) is 5.55. The van der Waals surface area contributed by atoms with Gasteiger partial charge in [-0.25, -0.2) is 4.98 Å². The van der Waals surface area contributed by atoms with Gasteiger partial charge in [-0.1, -0.05) is 39.1 Å². The Kier molecular flexibility index (Phi) is 2.69. The van der Waals surface area contributed by atoms with Crippen LogP contribution in [0, 0.1) is 6.92 Å². The zero-order valence-electron chi connectivity index (χ0n) is 7.31. The summed E-state index contributed by atoms with van der Waals surface area (Å²) in [5.74, 6) is 0. The maximum Gasteiger partial charge on any atom is 0.131 e. The maximum atomic E-state index is 6.06. The number of rotatable bonds is 0. The zero-order valence-corrected chi connectivity index (χ0v) is 10.4. The van der Waals surface area contributed by atoms with E-state index < -0.39 is 0 Å². The van der Waals surface area contributed by atoms with Crippen LogP contribution in [-0.2, 0) is 0 Å². The monoisotopic (exact) mass is 289 g/mol. The Morgan fingerprint density at radius 2 is 1.93 bits per heavy atom. The molecule has 1 heterocycles. The van der Waals surface area contributed by atoms with Crippen molar-refractivity contribution in [3.8, 4) is 0 Å². The van der Waals surface area contributed by atoms with E-state index in [2.05, 4.69) is 20.9 Å². The molecule has 0 radical (unpaired) electrons. The second kappa shape index (κ2) is 3.69. The Morgan fingerprint density at radius 3 is 2.64 bits per heavy atom. The summed E-state index contributed by atoms with van der Waals surface area (Å²) in [7, 11) is 0. The molecule has 1 nitrogen and oxygen atoms in total. The minimum atomic E-state index is 0.424. The molecule has 0 atom stereocenters. The van der Waals surface area contributed by atoms with Gasteiger partial charge in [-0.05, 0) is 30.7 Å². The van der Waals surface area contributed by atoms with Gasteiger partial charge in [0.05, 0.1) is 10.5 Å². The topological polar surface area (TPSA) is 12.9 Å². The molecule has 2 rings (SSSR count). The molecule has 2 aromatic rings. The first-order valence-electron chi connectivity index (χ1n) is 4.00. The normalized spacial score (nSPS) is 10.9. The molecule has 0 amide bonds. The Balaban J connectivity index is 2.94. The lowest BCUT2D eigenvalue weighted by atomic mass is 10.1. The summed E-state index contributed by atoms with van der Waals surface area (Å²) in [5.41, 5.74) is 1.91. The minimum Gasteiger partial charge on any atom is -0.236 e. The van der Waals surface area contributed by atoms with E-state index in [1.807, 2.05) is 19.1 Å². The Morgan fingerprint density at radius 1 is 1.21 bits per heavy atom. The lowest BCUT2D eigenvalue weighted by Crippen LogP contribution is -1.85. The van der Waals surface area contributed by atoms with Crippen LogP contribution in [0.25, 0.3) is 10.9 Å². The van der Waals surface area contributed by atoms with Crippen molar-refractivity contribution < 1.29 is 0 Å². The Labute approximate surface area is 100 Å². The quantitative estimate of drug-likeness (QED) is 0.646. The van der Waals surface area contributed by atoms with Gasteiger partial charge in [0.2, 0.25) is 0 Å². The van der Waals surface area contributed by atoms with E-state index in [9.17, 15) is 0 Å². The molecule has 14 heavy (non-hydrogen) atoms. The van der Waals surface area contributed by atoms with Gasteiger partial charge in [-0.3, -0.25) is 0 Å². The van der Waals surface area contributed by atoms with Crippen molar-refractivity contribution in [3.05, 3.63) is 38.4 Å². The zero-order chi connectivity index (χ0) is 10.3. The summed E-state index contributed by atoms with van der Waals surface area (Å²) in [4.78, 5) is 4.24. The third-order valence-electron chi connectivity index (χ3n) is 1.99. The lowest BCUT2D eigenvalue weighted by Gasteiger charge is -2.04. The lowest BCUT2D eigenvalue weighted by molar-refractivity contribution is 1.36. The first-order chi connectivity index (χ1) is 6.58. The summed E-state index contributed by atoms with van der Waals surface area (Å²) in [6, 6.07) is 5.58. The summed E-state index contributed by atoms with van der Waals surface area (Å²) in [6.45, 7) is 1.98. The second-order valence-corrected chi connectivity index (χ2v) is 4.76. The van der Waals surface area contributed by atoms with Crippen molar-refractivity contribution in [1.82, 2.24) is 4.98 Å². The van der Waals surface area contributed by atoms with Crippen molar-refractivity contribution >= 4 is 50.0 Å². The average molecular weight is 291 g/mol. The number of nitrogens with zero attached hydrogens (tertiary/aromatic N) is 1. The molecule has 0 aliphatic heterocycles. The fraction of sp³-hybridized carbons (Fsp3) is 0.100. The Bertz CT molecular complexity index is 464. The molecule has 0 saturated carbocycles. The average Bonchev–Trinajstić information content (AvgIpc) is 2.07. The molecule has 0 aliphatic carbocycles. The van der Waals surface area contributed by atoms with Crippen molar-refractivity contribution in [2.45, 2.75) is 6.92 Å². The smallest absolute Gasteiger partial charge is 0.131 e. The third kappa shape index (κ3) is 1.74. The standard InChI is InChI=1S/C10H6BrCl2N/c1-5-2-6(11)3-7-8(12)4-9(13)14-10(5)7/h2-4H,1H3. The molecule has 1 aromatic heterocycles. The molecule has 0 saturated heterocycles. The van der Waals surface area contributed by atoms with E-state index in [-0.39, 0.29) is 0 Å². The molecule has 0 N–H and O–H groups in total. The molecular weight excluding hydrogens is 285 g/mol. The van der Waals surface area contributed by atoms with Gasteiger partial charge in [0.25, 0.3) is 0 Å². The fourth-order valence-corrected chi connectivity index (χ4v) is 2.46. The summed E-state index contributed by atoms with van der Waals surface area (Å²) < 4.78 is 0.994. The van der Waals surface area contributed by atoms with Crippen molar-refractivity contribution in [2.24, 2.45) is 0 Å². The van der Waals surface area contributed by atoms with E-state index in [0.717, 1.165) is 20.9 Å². The first kappa shape index (κ1) is 10.2. The van der Waals surface area contributed by atoms with Crippen molar-refractivity contribution in [2.75, 3.05) is 0 Å². The van der Waals surface area contributed by atoms with Gasteiger partial charge >= 0.3 is 0 Å². The van der Waals surface area contributed by atoms with Gasteiger partial charge in [0.15, 0.2) is 0 Å². The molecule has 1 aromatic carbocycles. The summed E-state index contributed by atoms with van der Waals surface area (Å²) in [6.07, 6.45) is 0. The number of hydrogen-bond donors (Lipinski definition) is 0. The van der Waals surface area contributed by atoms with Gasteiger partial charge < -0.3 is 0 Å². The number of benzene rings is 1. The van der Waals surface area contributed by atoms with Gasteiger partial charge in [0.1, 0.15) is 5.15 Å². The SMILES string of the molecule is Cc1cc(Br)cc2c(Cl)cc(Cl)nc12. The highest BCUT2D eigenvalue weighted by molar-refractivity contribution is 9.10. The van der Waals surface area contributed by atoms with Crippen LogP contribution in [0.4, 0.5) is 0 Å². The van der Waals surface area contributed by atoms with Crippen LogP contribution in [0.2, 0.25) is 10.2 Å². The maximum absolute atomic E-state index is 6.06. The van der Waals surface area contributed by atoms with Crippen LogP contribution < -0.4 is 0 Å². The molecule has 0 unspecified atom stereocenters. The number of fused-ring (bicyclic) bond motifs is 1. The number of aromatic nitrogens is 1. The highest BCUT2D eigenvalue weighted by Gasteiger charge is 2.06. The molecule has 0 aliphatic rings.